The zero-order valence-electron chi connectivity index (χ0n) is 11.5. The van der Waals surface area contributed by atoms with Crippen LogP contribution in [0.4, 0.5) is 11.4 Å². The van der Waals surface area contributed by atoms with Crippen LogP contribution in [0.25, 0.3) is 0 Å². The quantitative estimate of drug-likeness (QED) is 0.842. The summed E-state index contributed by atoms with van der Waals surface area (Å²) in [6.45, 7) is 4.62. The fourth-order valence-electron chi connectivity index (χ4n) is 1.90. The molecule has 1 heterocycles. The monoisotopic (exact) mass is 336 g/mol. The summed E-state index contributed by atoms with van der Waals surface area (Å²) in [6.07, 6.45) is 0.799. The number of nitrogens with one attached hydrogen (secondary N) is 1. The molecule has 0 spiro atoms. The van der Waals surface area contributed by atoms with Gasteiger partial charge in [0.1, 0.15) is 5.69 Å². The van der Waals surface area contributed by atoms with Gasteiger partial charge in [-0.15, -0.1) is 0 Å². The van der Waals surface area contributed by atoms with Crippen molar-refractivity contribution in [3.8, 4) is 0 Å². The minimum atomic E-state index is -0.201. The lowest BCUT2D eigenvalue weighted by atomic mass is 10.2. The molecule has 20 heavy (non-hydrogen) atoms. The summed E-state index contributed by atoms with van der Waals surface area (Å²) in [4.78, 5) is 12.3. The molecule has 6 heteroatoms. The van der Waals surface area contributed by atoms with Gasteiger partial charge in [0.15, 0.2) is 0 Å². The topological polar surface area (TPSA) is 72.9 Å². The molecule has 0 saturated carbocycles. The molecule has 0 atom stereocenters. The van der Waals surface area contributed by atoms with E-state index in [1.807, 2.05) is 26.0 Å². The van der Waals surface area contributed by atoms with Gasteiger partial charge >= 0.3 is 0 Å². The number of nitrogens with two attached hydrogens (primary N) is 1. The van der Waals surface area contributed by atoms with Gasteiger partial charge in [-0.3, -0.25) is 9.48 Å². The maximum absolute atomic E-state index is 12.3. The van der Waals surface area contributed by atoms with Crippen LogP contribution in [0.2, 0.25) is 0 Å². The second-order valence-corrected chi connectivity index (χ2v) is 5.29. The van der Waals surface area contributed by atoms with Crippen LogP contribution in [-0.2, 0) is 13.0 Å². The van der Waals surface area contributed by atoms with Crippen LogP contribution < -0.4 is 11.1 Å². The highest BCUT2D eigenvalue weighted by Gasteiger charge is 2.15. The van der Waals surface area contributed by atoms with Crippen LogP contribution in [0, 0.1) is 0 Å². The maximum atomic E-state index is 12.3. The smallest absolute Gasteiger partial charge is 0.273 e. The molecule has 106 valence electrons. The van der Waals surface area contributed by atoms with E-state index in [9.17, 15) is 4.79 Å². The van der Waals surface area contributed by atoms with Crippen LogP contribution in [0.3, 0.4) is 0 Å². The van der Waals surface area contributed by atoms with Gasteiger partial charge in [-0.05, 0) is 37.6 Å². The molecular weight excluding hydrogens is 320 g/mol. The summed E-state index contributed by atoms with van der Waals surface area (Å²) in [5, 5.41) is 7.18. The van der Waals surface area contributed by atoms with Crippen molar-refractivity contribution < 1.29 is 4.79 Å². The SMILES string of the molecule is CCc1cc(C(=O)Nc2ccc(Br)cc2N)n(CC)n1. The predicted octanol–water partition coefficient (Wildman–Crippen LogP) is 3.06. The van der Waals surface area contributed by atoms with Crippen molar-refractivity contribution >= 4 is 33.2 Å². The zero-order chi connectivity index (χ0) is 14.7. The summed E-state index contributed by atoms with van der Waals surface area (Å²) in [5.41, 5.74) is 8.45. The Morgan fingerprint density at radius 1 is 1.40 bits per heavy atom. The van der Waals surface area contributed by atoms with Crippen LogP contribution in [0.1, 0.15) is 30.0 Å². The minimum absolute atomic E-state index is 0.201. The molecule has 2 aromatic rings. The van der Waals surface area contributed by atoms with Crippen molar-refractivity contribution in [3.05, 3.63) is 40.1 Å². The number of nitrogens with zero attached hydrogens (tertiary/aromatic N) is 2. The van der Waals surface area contributed by atoms with Gasteiger partial charge in [0, 0.05) is 11.0 Å². The molecule has 0 saturated heterocycles. The summed E-state index contributed by atoms with van der Waals surface area (Å²) < 4.78 is 2.57. The average molecular weight is 337 g/mol. The number of halogens is 1. The van der Waals surface area contributed by atoms with Crippen LogP contribution >= 0.6 is 15.9 Å². The predicted molar refractivity (Wildman–Crippen MR) is 83.8 cm³/mol. The number of carbonyl (C=O) groups excluding carboxylic acids is 1. The lowest BCUT2D eigenvalue weighted by Crippen LogP contribution is -2.18. The number of rotatable bonds is 4. The van der Waals surface area contributed by atoms with Gasteiger partial charge in [-0.25, -0.2) is 0 Å². The largest absolute Gasteiger partial charge is 0.397 e. The van der Waals surface area contributed by atoms with Gasteiger partial charge < -0.3 is 11.1 Å². The second-order valence-electron chi connectivity index (χ2n) is 4.38. The third kappa shape index (κ3) is 3.01. The number of amides is 1. The highest BCUT2D eigenvalue weighted by molar-refractivity contribution is 9.10. The number of nitrogen functional groups attached to an aromatic ring is 1. The lowest BCUT2D eigenvalue weighted by molar-refractivity contribution is 0.101. The molecule has 0 aliphatic carbocycles. The zero-order valence-corrected chi connectivity index (χ0v) is 13.1. The molecule has 0 unspecified atom stereocenters. The molecule has 1 aromatic carbocycles. The summed E-state index contributed by atoms with van der Waals surface area (Å²) in [7, 11) is 0. The number of hydrogen-bond donors (Lipinski definition) is 2. The van der Waals surface area contributed by atoms with Gasteiger partial charge in [-0.2, -0.15) is 5.10 Å². The summed E-state index contributed by atoms with van der Waals surface area (Å²) in [5.74, 6) is -0.201. The Hall–Kier alpha value is -1.82. The van der Waals surface area contributed by atoms with Crippen LogP contribution in [-0.4, -0.2) is 15.7 Å². The van der Waals surface area contributed by atoms with Crippen molar-refractivity contribution in [2.45, 2.75) is 26.8 Å². The first-order valence-electron chi connectivity index (χ1n) is 6.48. The Kier molecular flexibility index (Phi) is 4.44. The number of aromatic nitrogens is 2. The number of anilines is 2. The Morgan fingerprint density at radius 2 is 2.15 bits per heavy atom. The van der Waals surface area contributed by atoms with Gasteiger partial charge in [0.25, 0.3) is 5.91 Å². The number of aryl methyl sites for hydroxylation is 2. The van der Waals surface area contributed by atoms with Crippen molar-refractivity contribution in [2.24, 2.45) is 0 Å². The van der Waals surface area contributed by atoms with Crippen molar-refractivity contribution in [3.63, 3.8) is 0 Å². The Balaban J connectivity index is 2.25. The maximum Gasteiger partial charge on any atom is 0.273 e. The Labute approximate surface area is 126 Å². The van der Waals surface area contributed by atoms with E-state index in [4.69, 9.17) is 5.73 Å². The second kappa shape index (κ2) is 6.09. The average Bonchev–Trinajstić information content (AvgIpc) is 2.85. The van der Waals surface area contributed by atoms with E-state index >= 15 is 0 Å². The van der Waals surface area contributed by atoms with Crippen LogP contribution in [0.15, 0.2) is 28.7 Å². The van der Waals surface area contributed by atoms with Crippen molar-refractivity contribution in [1.82, 2.24) is 9.78 Å². The highest BCUT2D eigenvalue weighted by Crippen LogP contribution is 2.23. The Morgan fingerprint density at radius 3 is 2.75 bits per heavy atom. The first-order chi connectivity index (χ1) is 9.55. The first kappa shape index (κ1) is 14.6. The molecule has 0 bridgehead atoms. The van der Waals surface area contributed by atoms with E-state index in [2.05, 4.69) is 26.3 Å². The normalized spacial score (nSPS) is 10.6. The van der Waals surface area contributed by atoms with Gasteiger partial charge in [0.05, 0.1) is 17.1 Å². The van der Waals surface area contributed by atoms with Gasteiger partial charge in [0.2, 0.25) is 0 Å². The number of hydrogen-bond acceptors (Lipinski definition) is 3. The first-order valence-corrected chi connectivity index (χ1v) is 7.27. The third-order valence-electron chi connectivity index (χ3n) is 2.99. The molecule has 0 fully saturated rings. The van der Waals surface area contributed by atoms with E-state index in [1.165, 1.54) is 0 Å². The van der Waals surface area contributed by atoms with Crippen LogP contribution in [0.5, 0.6) is 0 Å². The summed E-state index contributed by atoms with van der Waals surface area (Å²) >= 11 is 3.34. The minimum Gasteiger partial charge on any atom is -0.397 e. The van der Waals surface area contributed by atoms with Gasteiger partial charge in [-0.1, -0.05) is 22.9 Å². The fourth-order valence-corrected chi connectivity index (χ4v) is 2.28. The molecule has 5 nitrogen and oxygen atoms in total. The fraction of sp³-hybridized carbons (Fsp3) is 0.286. The number of carbonyl (C=O) groups is 1. The Bertz CT molecular complexity index is 636. The highest BCUT2D eigenvalue weighted by atomic mass is 79.9. The van der Waals surface area contributed by atoms with Crippen molar-refractivity contribution in [2.75, 3.05) is 11.1 Å². The van der Waals surface area contributed by atoms with E-state index < -0.39 is 0 Å². The lowest BCUT2D eigenvalue weighted by Gasteiger charge is -2.09. The molecule has 0 radical (unpaired) electrons. The molecule has 1 aromatic heterocycles. The molecule has 0 aliphatic rings. The molecule has 2 rings (SSSR count). The standard InChI is InChI=1S/C14H17BrN4O/c1-3-10-8-13(19(4-2)18-10)14(20)17-12-6-5-9(15)7-11(12)16/h5-8H,3-4,16H2,1-2H3,(H,17,20). The van der Waals surface area contributed by atoms with E-state index in [-0.39, 0.29) is 5.91 Å². The third-order valence-corrected chi connectivity index (χ3v) is 3.48. The molecule has 1 amide bonds. The molecule has 3 N–H and O–H groups in total. The van der Waals surface area contributed by atoms with E-state index in [0.717, 1.165) is 16.6 Å². The number of benzene rings is 1. The van der Waals surface area contributed by atoms with Crippen molar-refractivity contribution in [1.29, 1.82) is 0 Å². The molecular formula is C14H17BrN4O. The summed E-state index contributed by atoms with van der Waals surface area (Å²) in [6, 6.07) is 7.17. The molecule has 0 aliphatic heterocycles. The van der Waals surface area contributed by atoms with E-state index in [0.29, 0.717) is 23.6 Å². The van der Waals surface area contributed by atoms with E-state index in [1.54, 1.807) is 16.8 Å².